The topological polar surface area (TPSA) is 70.9 Å². The van der Waals surface area contributed by atoms with Crippen LogP contribution in [-0.4, -0.2) is 22.6 Å². The smallest absolute Gasteiger partial charge is 0.230 e. The Morgan fingerprint density at radius 1 is 1.36 bits per heavy atom. The number of nitrogens with zero attached hydrogens (tertiary/aromatic N) is 1. The Morgan fingerprint density at radius 2 is 2.12 bits per heavy atom. The molecule has 0 saturated heterocycles. The summed E-state index contributed by atoms with van der Waals surface area (Å²) in [4.78, 5) is 15.9. The average molecular weight is 360 g/mol. The third kappa shape index (κ3) is 3.29. The van der Waals surface area contributed by atoms with E-state index in [4.69, 9.17) is 16.1 Å². The minimum atomic E-state index is -0.697. The molecule has 0 atom stereocenters. The molecular weight excluding hydrogens is 338 g/mol. The minimum Gasteiger partial charge on any atom is -0.361 e. The van der Waals surface area contributed by atoms with Crippen molar-refractivity contribution in [3.05, 3.63) is 52.0 Å². The van der Waals surface area contributed by atoms with E-state index in [-0.39, 0.29) is 5.91 Å². The summed E-state index contributed by atoms with van der Waals surface area (Å²) in [5.74, 6) is 0.642. The highest BCUT2D eigenvalue weighted by molar-refractivity contribution is 6.31. The van der Waals surface area contributed by atoms with Gasteiger partial charge in [-0.1, -0.05) is 16.8 Å². The summed E-state index contributed by atoms with van der Waals surface area (Å²) in [6.45, 7) is 8.02. The fourth-order valence-electron chi connectivity index (χ4n) is 3.38. The van der Waals surface area contributed by atoms with E-state index in [2.05, 4.69) is 15.5 Å². The monoisotopic (exact) mass is 359 g/mol. The van der Waals surface area contributed by atoms with Gasteiger partial charge in [0.25, 0.3) is 0 Å². The lowest BCUT2D eigenvalue weighted by atomic mass is 9.82. The van der Waals surface area contributed by atoms with Crippen molar-refractivity contribution in [2.45, 2.75) is 39.5 Å². The van der Waals surface area contributed by atoms with Crippen LogP contribution in [0.15, 0.2) is 28.9 Å². The first-order valence-corrected chi connectivity index (χ1v) is 8.65. The molecule has 0 aliphatic carbocycles. The van der Waals surface area contributed by atoms with Gasteiger partial charge in [0.15, 0.2) is 0 Å². The van der Waals surface area contributed by atoms with E-state index in [1.54, 1.807) is 0 Å². The molecule has 0 saturated carbocycles. The number of aryl methyl sites for hydroxylation is 2. The standard InChI is InChI=1S/C19H22ClN3O2/c1-11-17(12(2)25-23-11)19(3,4)18(24)21-8-7-13-10-22-16-6-5-14(20)9-15(13)16/h5-6,9-10,22H,7-8H2,1-4H3,(H,21,24). The Bertz CT molecular complexity index is 905. The molecule has 25 heavy (non-hydrogen) atoms. The van der Waals surface area contributed by atoms with Gasteiger partial charge in [-0.15, -0.1) is 0 Å². The number of hydrogen-bond donors (Lipinski definition) is 2. The summed E-state index contributed by atoms with van der Waals surface area (Å²) in [7, 11) is 0. The predicted octanol–water partition coefficient (Wildman–Crippen LogP) is 4.06. The number of fused-ring (bicyclic) bond motifs is 1. The first-order valence-electron chi connectivity index (χ1n) is 8.28. The minimum absolute atomic E-state index is 0.0419. The Kier molecular flexibility index (Phi) is 4.60. The second-order valence-corrected chi connectivity index (χ2v) is 7.27. The van der Waals surface area contributed by atoms with Gasteiger partial charge in [-0.2, -0.15) is 0 Å². The van der Waals surface area contributed by atoms with E-state index in [0.717, 1.165) is 34.1 Å². The molecule has 5 nitrogen and oxygen atoms in total. The van der Waals surface area contributed by atoms with Gasteiger partial charge in [0.2, 0.25) is 5.91 Å². The zero-order chi connectivity index (χ0) is 18.2. The molecule has 3 aromatic rings. The van der Waals surface area contributed by atoms with Crippen molar-refractivity contribution in [2.75, 3.05) is 6.54 Å². The van der Waals surface area contributed by atoms with Gasteiger partial charge in [-0.05, 0) is 57.9 Å². The number of benzene rings is 1. The second-order valence-electron chi connectivity index (χ2n) is 6.83. The molecule has 0 bridgehead atoms. The summed E-state index contributed by atoms with van der Waals surface area (Å²) in [5.41, 5.74) is 3.08. The van der Waals surface area contributed by atoms with Gasteiger partial charge >= 0.3 is 0 Å². The second kappa shape index (κ2) is 6.56. The van der Waals surface area contributed by atoms with Crippen LogP contribution in [0.2, 0.25) is 5.02 Å². The van der Waals surface area contributed by atoms with Crippen LogP contribution in [0.5, 0.6) is 0 Å². The molecule has 1 aromatic carbocycles. The average Bonchev–Trinajstić information content (AvgIpc) is 3.10. The van der Waals surface area contributed by atoms with Crippen molar-refractivity contribution in [3.63, 3.8) is 0 Å². The highest BCUT2D eigenvalue weighted by Crippen LogP contribution is 2.29. The van der Waals surface area contributed by atoms with E-state index in [0.29, 0.717) is 17.3 Å². The maximum Gasteiger partial charge on any atom is 0.230 e. The number of halogens is 1. The van der Waals surface area contributed by atoms with Crippen molar-refractivity contribution < 1.29 is 9.32 Å². The number of rotatable bonds is 5. The van der Waals surface area contributed by atoms with Gasteiger partial charge in [0.1, 0.15) is 5.76 Å². The summed E-state index contributed by atoms with van der Waals surface area (Å²) >= 11 is 6.08. The molecule has 0 fully saturated rings. The lowest BCUT2D eigenvalue weighted by Gasteiger charge is -2.23. The van der Waals surface area contributed by atoms with Gasteiger partial charge in [-0.25, -0.2) is 0 Å². The van der Waals surface area contributed by atoms with Gasteiger partial charge < -0.3 is 14.8 Å². The first kappa shape index (κ1) is 17.5. The number of carbonyl (C=O) groups excluding carboxylic acids is 1. The van der Waals surface area contributed by atoms with Gasteiger partial charge in [0.05, 0.1) is 11.1 Å². The Balaban J connectivity index is 1.69. The van der Waals surface area contributed by atoms with Crippen molar-refractivity contribution >= 4 is 28.4 Å². The molecule has 2 N–H and O–H groups in total. The Hall–Kier alpha value is -2.27. The van der Waals surface area contributed by atoms with E-state index in [1.165, 1.54) is 0 Å². The maximum absolute atomic E-state index is 12.7. The number of amides is 1. The number of H-pyrrole nitrogens is 1. The molecule has 6 heteroatoms. The fraction of sp³-hybridized carbons (Fsp3) is 0.368. The maximum atomic E-state index is 12.7. The molecule has 0 aliphatic rings. The number of hydrogen-bond acceptors (Lipinski definition) is 3. The van der Waals surface area contributed by atoms with E-state index in [9.17, 15) is 4.79 Å². The van der Waals surface area contributed by atoms with Gasteiger partial charge in [-0.3, -0.25) is 4.79 Å². The van der Waals surface area contributed by atoms with Crippen LogP contribution in [0.1, 0.15) is 36.4 Å². The zero-order valence-electron chi connectivity index (χ0n) is 14.9. The van der Waals surface area contributed by atoms with Crippen LogP contribution in [0, 0.1) is 13.8 Å². The molecule has 1 amide bonds. The highest BCUT2D eigenvalue weighted by atomic mass is 35.5. The molecule has 132 valence electrons. The summed E-state index contributed by atoms with van der Waals surface area (Å²) in [5, 5.41) is 8.78. The fourth-order valence-corrected chi connectivity index (χ4v) is 3.55. The van der Waals surface area contributed by atoms with Crippen molar-refractivity contribution in [2.24, 2.45) is 0 Å². The van der Waals surface area contributed by atoms with Crippen LogP contribution in [0.25, 0.3) is 10.9 Å². The summed E-state index contributed by atoms with van der Waals surface area (Å²) < 4.78 is 5.21. The SMILES string of the molecule is Cc1noc(C)c1C(C)(C)C(=O)NCCc1c[nH]c2ccc(Cl)cc12. The van der Waals surface area contributed by atoms with Crippen LogP contribution in [-0.2, 0) is 16.6 Å². The van der Waals surface area contributed by atoms with Gasteiger partial charge in [0, 0.05) is 34.2 Å². The number of aromatic amines is 1. The molecule has 3 rings (SSSR count). The zero-order valence-corrected chi connectivity index (χ0v) is 15.6. The normalized spacial score (nSPS) is 11.9. The number of nitrogens with one attached hydrogen (secondary N) is 2. The molecule has 0 unspecified atom stereocenters. The van der Waals surface area contributed by atoms with E-state index < -0.39 is 5.41 Å². The quantitative estimate of drug-likeness (QED) is 0.721. The van der Waals surface area contributed by atoms with Crippen molar-refractivity contribution in [1.29, 1.82) is 0 Å². The highest BCUT2D eigenvalue weighted by Gasteiger charge is 2.35. The molecule has 0 spiro atoms. The molecule has 2 heterocycles. The molecular formula is C19H22ClN3O2. The third-order valence-electron chi connectivity index (χ3n) is 4.64. The summed E-state index contributed by atoms with van der Waals surface area (Å²) in [6, 6.07) is 5.76. The van der Waals surface area contributed by atoms with Crippen LogP contribution in [0.3, 0.4) is 0 Å². The predicted molar refractivity (Wildman–Crippen MR) is 99.0 cm³/mol. The lowest BCUT2D eigenvalue weighted by molar-refractivity contribution is -0.125. The van der Waals surface area contributed by atoms with Crippen molar-refractivity contribution in [3.8, 4) is 0 Å². The molecule has 0 radical (unpaired) electrons. The van der Waals surface area contributed by atoms with Crippen LogP contribution < -0.4 is 5.32 Å². The lowest BCUT2D eigenvalue weighted by Crippen LogP contribution is -2.41. The first-order chi connectivity index (χ1) is 11.8. The van der Waals surface area contributed by atoms with E-state index in [1.807, 2.05) is 52.1 Å². The molecule has 0 aliphatic heterocycles. The number of aromatic nitrogens is 2. The largest absolute Gasteiger partial charge is 0.361 e. The van der Waals surface area contributed by atoms with E-state index >= 15 is 0 Å². The van der Waals surface area contributed by atoms with Crippen molar-refractivity contribution in [1.82, 2.24) is 15.5 Å². The molecule has 2 aromatic heterocycles. The van der Waals surface area contributed by atoms with Crippen LogP contribution in [0.4, 0.5) is 0 Å². The van der Waals surface area contributed by atoms with Crippen LogP contribution >= 0.6 is 11.6 Å². The third-order valence-corrected chi connectivity index (χ3v) is 4.87. The number of carbonyl (C=O) groups is 1. The Morgan fingerprint density at radius 3 is 2.80 bits per heavy atom. The summed E-state index contributed by atoms with van der Waals surface area (Å²) in [6.07, 6.45) is 2.69. The Labute approximate surface area is 151 Å².